The molecule has 0 unspecified atom stereocenters. The Morgan fingerprint density at radius 3 is 2.37 bits per heavy atom. The highest BCUT2D eigenvalue weighted by molar-refractivity contribution is 5.97. The van der Waals surface area contributed by atoms with Gasteiger partial charge >= 0.3 is 5.97 Å². The number of primary amides is 1. The summed E-state index contributed by atoms with van der Waals surface area (Å²) in [5, 5.41) is 8.71. The monoisotopic (exact) mass is 265 g/mol. The summed E-state index contributed by atoms with van der Waals surface area (Å²) < 4.78 is 0. The number of hydrogen-bond acceptors (Lipinski definition) is 4. The van der Waals surface area contributed by atoms with Crippen LogP contribution in [0.4, 0.5) is 0 Å². The number of carboxylic acids is 1. The normalized spacial score (nSPS) is 10.3. The maximum atomic E-state index is 12.1. The summed E-state index contributed by atoms with van der Waals surface area (Å²) in [5.74, 6) is -2.20. The SMILES string of the molecule is CC(C)N(CC(N)=O)C(=O)c1ccc(C(=O)O)nc1. The largest absolute Gasteiger partial charge is 0.477 e. The van der Waals surface area contributed by atoms with Crippen molar-refractivity contribution in [3.8, 4) is 0 Å². The van der Waals surface area contributed by atoms with E-state index in [0.717, 1.165) is 0 Å². The lowest BCUT2D eigenvalue weighted by Crippen LogP contribution is -2.42. The number of carbonyl (C=O) groups is 3. The van der Waals surface area contributed by atoms with Crippen LogP contribution in [0.2, 0.25) is 0 Å². The molecule has 0 radical (unpaired) electrons. The van der Waals surface area contributed by atoms with Gasteiger partial charge in [0.05, 0.1) is 12.1 Å². The third-order valence-electron chi connectivity index (χ3n) is 2.44. The first-order chi connectivity index (χ1) is 8.82. The minimum atomic E-state index is -1.17. The first-order valence-electron chi connectivity index (χ1n) is 5.61. The zero-order valence-electron chi connectivity index (χ0n) is 10.7. The minimum Gasteiger partial charge on any atom is -0.477 e. The van der Waals surface area contributed by atoms with Crippen LogP contribution in [0.25, 0.3) is 0 Å². The van der Waals surface area contributed by atoms with E-state index >= 15 is 0 Å². The molecule has 2 amide bonds. The van der Waals surface area contributed by atoms with E-state index in [1.807, 2.05) is 0 Å². The van der Waals surface area contributed by atoms with E-state index in [1.165, 1.54) is 23.2 Å². The summed E-state index contributed by atoms with van der Waals surface area (Å²) >= 11 is 0. The van der Waals surface area contributed by atoms with Gasteiger partial charge in [-0.1, -0.05) is 0 Å². The molecule has 0 fully saturated rings. The van der Waals surface area contributed by atoms with Crippen molar-refractivity contribution in [2.75, 3.05) is 6.54 Å². The topological polar surface area (TPSA) is 114 Å². The summed E-state index contributed by atoms with van der Waals surface area (Å²) in [6.07, 6.45) is 1.17. The molecule has 7 heteroatoms. The van der Waals surface area contributed by atoms with E-state index in [4.69, 9.17) is 10.8 Å². The predicted molar refractivity (Wildman–Crippen MR) is 66.6 cm³/mol. The first kappa shape index (κ1) is 14.6. The van der Waals surface area contributed by atoms with Gasteiger partial charge in [0.15, 0.2) is 0 Å². The molecular weight excluding hydrogens is 250 g/mol. The van der Waals surface area contributed by atoms with Gasteiger partial charge in [0.25, 0.3) is 5.91 Å². The highest BCUT2D eigenvalue weighted by Gasteiger charge is 2.21. The van der Waals surface area contributed by atoms with Crippen LogP contribution in [0.1, 0.15) is 34.7 Å². The van der Waals surface area contributed by atoms with Crippen molar-refractivity contribution in [1.82, 2.24) is 9.88 Å². The Bertz CT molecular complexity index is 496. The van der Waals surface area contributed by atoms with Gasteiger partial charge in [-0.25, -0.2) is 9.78 Å². The molecule has 0 spiro atoms. The van der Waals surface area contributed by atoms with Crippen molar-refractivity contribution in [1.29, 1.82) is 0 Å². The fraction of sp³-hybridized carbons (Fsp3) is 0.333. The molecule has 0 bridgehead atoms. The zero-order valence-corrected chi connectivity index (χ0v) is 10.7. The van der Waals surface area contributed by atoms with Crippen LogP contribution in [0.3, 0.4) is 0 Å². The molecule has 0 saturated heterocycles. The summed E-state index contributed by atoms with van der Waals surface area (Å²) in [5.41, 5.74) is 5.14. The number of hydrogen-bond donors (Lipinski definition) is 2. The lowest BCUT2D eigenvalue weighted by molar-refractivity contribution is -0.119. The van der Waals surface area contributed by atoms with Gasteiger partial charge in [-0.05, 0) is 26.0 Å². The molecule has 0 aliphatic heterocycles. The van der Waals surface area contributed by atoms with Gasteiger partial charge in [-0.15, -0.1) is 0 Å². The summed E-state index contributed by atoms with van der Waals surface area (Å²) in [6, 6.07) is 2.38. The van der Waals surface area contributed by atoms with Gasteiger partial charge in [0, 0.05) is 12.2 Å². The molecule has 0 saturated carbocycles. The molecule has 0 aliphatic carbocycles. The van der Waals surface area contributed by atoms with E-state index in [9.17, 15) is 14.4 Å². The second-order valence-corrected chi connectivity index (χ2v) is 4.23. The molecule has 3 N–H and O–H groups in total. The lowest BCUT2D eigenvalue weighted by atomic mass is 10.2. The number of amides is 2. The number of carbonyl (C=O) groups excluding carboxylic acids is 2. The Kier molecular flexibility index (Phi) is 4.57. The maximum Gasteiger partial charge on any atom is 0.354 e. The number of nitrogens with zero attached hydrogens (tertiary/aromatic N) is 2. The van der Waals surface area contributed by atoms with Crippen LogP contribution < -0.4 is 5.73 Å². The number of carboxylic acid groups (broad SMARTS) is 1. The Balaban J connectivity index is 2.96. The molecule has 0 aliphatic rings. The Morgan fingerprint density at radius 1 is 1.37 bits per heavy atom. The van der Waals surface area contributed by atoms with Crippen LogP contribution in [-0.4, -0.2) is 45.4 Å². The van der Waals surface area contributed by atoms with E-state index < -0.39 is 17.8 Å². The van der Waals surface area contributed by atoms with E-state index in [-0.39, 0.29) is 23.8 Å². The standard InChI is InChI=1S/C12H15N3O4/c1-7(2)15(6-10(13)16)11(17)8-3-4-9(12(18)19)14-5-8/h3-5,7H,6H2,1-2H3,(H2,13,16)(H,18,19). The molecule has 7 nitrogen and oxygen atoms in total. The van der Waals surface area contributed by atoms with Crippen LogP contribution in [0.15, 0.2) is 18.3 Å². The van der Waals surface area contributed by atoms with E-state index in [0.29, 0.717) is 0 Å². The summed E-state index contributed by atoms with van der Waals surface area (Å²) in [7, 11) is 0. The predicted octanol–water partition coefficient (Wildman–Crippen LogP) is 0.116. The van der Waals surface area contributed by atoms with Gasteiger partial charge in [0.1, 0.15) is 5.69 Å². The second-order valence-electron chi connectivity index (χ2n) is 4.23. The molecule has 0 atom stereocenters. The van der Waals surface area contributed by atoms with Crippen molar-refractivity contribution in [3.05, 3.63) is 29.6 Å². The highest BCUT2D eigenvalue weighted by Crippen LogP contribution is 2.08. The minimum absolute atomic E-state index is 0.150. The second kappa shape index (κ2) is 5.94. The number of nitrogens with two attached hydrogens (primary N) is 1. The van der Waals surface area contributed by atoms with Crippen LogP contribution in [-0.2, 0) is 4.79 Å². The molecule has 1 aromatic rings. The van der Waals surface area contributed by atoms with Crippen molar-refractivity contribution in [2.45, 2.75) is 19.9 Å². The van der Waals surface area contributed by atoms with Crippen molar-refractivity contribution < 1.29 is 19.5 Å². The molecule has 0 aromatic carbocycles. The fourth-order valence-corrected chi connectivity index (χ4v) is 1.47. The number of aromatic carboxylic acids is 1. The molecule has 102 valence electrons. The van der Waals surface area contributed by atoms with Crippen LogP contribution >= 0.6 is 0 Å². The average Bonchev–Trinajstić information content (AvgIpc) is 2.34. The number of rotatable bonds is 5. The van der Waals surface area contributed by atoms with Crippen molar-refractivity contribution in [2.24, 2.45) is 5.73 Å². The van der Waals surface area contributed by atoms with E-state index in [2.05, 4.69) is 4.98 Å². The lowest BCUT2D eigenvalue weighted by Gasteiger charge is -2.25. The Morgan fingerprint density at radius 2 is 2.00 bits per heavy atom. The average molecular weight is 265 g/mol. The molecule has 1 aromatic heterocycles. The van der Waals surface area contributed by atoms with Crippen LogP contribution in [0, 0.1) is 0 Å². The first-order valence-corrected chi connectivity index (χ1v) is 5.61. The smallest absolute Gasteiger partial charge is 0.354 e. The third-order valence-corrected chi connectivity index (χ3v) is 2.44. The quantitative estimate of drug-likeness (QED) is 0.784. The van der Waals surface area contributed by atoms with Gasteiger partial charge in [-0.3, -0.25) is 9.59 Å². The zero-order chi connectivity index (χ0) is 14.6. The molecular formula is C12H15N3O4. The molecule has 1 heterocycles. The Hall–Kier alpha value is -2.44. The van der Waals surface area contributed by atoms with E-state index in [1.54, 1.807) is 13.8 Å². The van der Waals surface area contributed by atoms with Gasteiger partial charge < -0.3 is 15.7 Å². The Labute approximate surface area is 110 Å². The summed E-state index contributed by atoms with van der Waals surface area (Å²) in [6.45, 7) is 3.30. The van der Waals surface area contributed by atoms with Crippen LogP contribution in [0.5, 0.6) is 0 Å². The van der Waals surface area contributed by atoms with Gasteiger partial charge in [-0.2, -0.15) is 0 Å². The number of aromatic nitrogens is 1. The summed E-state index contributed by atoms with van der Waals surface area (Å²) in [4.78, 5) is 38.7. The van der Waals surface area contributed by atoms with Crippen molar-refractivity contribution in [3.63, 3.8) is 0 Å². The van der Waals surface area contributed by atoms with Crippen molar-refractivity contribution >= 4 is 17.8 Å². The highest BCUT2D eigenvalue weighted by atomic mass is 16.4. The fourth-order valence-electron chi connectivity index (χ4n) is 1.47. The molecule has 19 heavy (non-hydrogen) atoms. The van der Waals surface area contributed by atoms with Gasteiger partial charge in [0.2, 0.25) is 5.91 Å². The maximum absolute atomic E-state index is 12.1. The number of pyridine rings is 1. The third kappa shape index (κ3) is 3.77. The molecule has 1 rings (SSSR count).